The molecule has 1 heterocycles. The van der Waals surface area contributed by atoms with Crippen molar-refractivity contribution in [2.75, 3.05) is 12.0 Å². The van der Waals surface area contributed by atoms with Crippen LogP contribution in [-0.4, -0.2) is 17.4 Å². The molecule has 0 bridgehead atoms. The number of amides is 1. The molecular weight excluding hydrogens is 264 g/mol. The molecule has 0 saturated heterocycles. The van der Waals surface area contributed by atoms with Crippen LogP contribution in [0.1, 0.15) is 63.0 Å². The second-order valence-corrected chi connectivity index (χ2v) is 7.06. The SMILES string of the molecule is CCC1(CNC(=O)c2cc(NN)nc(C(C)(C)C)c2)CC1. The quantitative estimate of drug-likeness (QED) is 0.575. The van der Waals surface area contributed by atoms with Crippen LogP contribution < -0.4 is 16.6 Å². The molecule has 0 aliphatic heterocycles. The first-order valence-corrected chi connectivity index (χ1v) is 7.57. The van der Waals surface area contributed by atoms with Gasteiger partial charge in [0.1, 0.15) is 5.82 Å². The molecule has 1 saturated carbocycles. The first kappa shape index (κ1) is 15.8. The fraction of sp³-hybridized carbons (Fsp3) is 0.625. The molecule has 5 nitrogen and oxygen atoms in total. The maximum absolute atomic E-state index is 12.4. The van der Waals surface area contributed by atoms with Crippen molar-refractivity contribution < 1.29 is 4.79 Å². The van der Waals surface area contributed by atoms with Crippen LogP contribution in [-0.2, 0) is 5.41 Å². The molecule has 0 radical (unpaired) electrons. The summed E-state index contributed by atoms with van der Waals surface area (Å²) in [6.45, 7) is 9.12. The molecule has 1 fully saturated rings. The second kappa shape index (κ2) is 5.64. The number of nitrogen functional groups attached to an aromatic ring is 1. The minimum absolute atomic E-state index is 0.0564. The average molecular weight is 290 g/mol. The van der Waals surface area contributed by atoms with Gasteiger partial charge in [0.05, 0.1) is 0 Å². The van der Waals surface area contributed by atoms with Crippen LogP contribution in [0.15, 0.2) is 12.1 Å². The van der Waals surface area contributed by atoms with Gasteiger partial charge in [0.15, 0.2) is 0 Å². The van der Waals surface area contributed by atoms with Crippen molar-refractivity contribution in [2.45, 2.75) is 52.4 Å². The summed E-state index contributed by atoms with van der Waals surface area (Å²) < 4.78 is 0. The Labute approximate surface area is 126 Å². The van der Waals surface area contributed by atoms with Crippen molar-refractivity contribution in [3.05, 3.63) is 23.4 Å². The number of nitrogens with two attached hydrogens (primary N) is 1. The van der Waals surface area contributed by atoms with Crippen LogP contribution in [0.25, 0.3) is 0 Å². The summed E-state index contributed by atoms with van der Waals surface area (Å²) in [7, 11) is 0. The molecule has 1 aromatic rings. The van der Waals surface area contributed by atoms with Crippen molar-refractivity contribution in [2.24, 2.45) is 11.3 Å². The number of nitrogens with one attached hydrogen (secondary N) is 2. The van der Waals surface area contributed by atoms with Gasteiger partial charge in [-0.25, -0.2) is 10.8 Å². The summed E-state index contributed by atoms with van der Waals surface area (Å²) in [6.07, 6.45) is 3.54. The van der Waals surface area contributed by atoms with Gasteiger partial charge in [-0.1, -0.05) is 27.7 Å². The molecule has 2 rings (SSSR count). The van der Waals surface area contributed by atoms with Crippen molar-refractivity contribution in [3.8, 4) is 0 Å². The molecule has 1 aliphatic carbocycles. The van der Waals surface area contributed by atoms with Gasteiger partial charge < -0.3 is 10.7 Å². The van der Waals surface area contributed by atoms with E-state index in [1.807, 2.05) is 6.07 Å². The monoisotopic (exact) mass is 290 g/mol. The van der Waals surface area contributed by atoms with E-state index >= 15 is 0 Å². The van der Waals surface area contributed by atoms with Gasteiger partial charge in [0.2, 0.25) is 0 Å². The predicted molar refractivity (Wildman–Crippen MR) is 85.0 cm³/mol. The fourth-order valence-electron chi connectivity index (χ4n) is 2.32. The minimum Gasteiger partial charge on any atom is -0.351 e. The van der Waals surface area contributed by atoms with Gasteiger partial charge in [0.25, 0.3) is 5.91 Å². The van der Waals surface area contributed by atoms with Crippen molar-refractivity contribution >= 4 is 11.7 Å². The summed E-state index contributed by atoms with van der Waals surface area (Å²) in [4.78, 5) is 16.8. The van der Waals surface area contributed by atoms with Gasteiger partial charge in [-0.2, -0.15) is 0 Å². The van der Waals surface area contributed by atoms with Crippen LogP contribution in [0.4, 0.5) is 5.82 Å². The molecule has 21 heavy (non-hydrogen) atoms. The van der Waals surface area contributed by atoms with Gasteiger partial charge >= 0.3 is 0 Å². The zero-order valence-electron chi connectivity index (χ0n) is 13.4. The Morgan fingerprint density at radius 3 is 2.52 bits per heavy atom. The lowest BCUT2D eigenvalue weighted by Gasteiger charge is -2.20. The number of anilines is 1. The summed E-state index contributed by atoms with van der Waals surface area (Å²) in [5.41, 5.74) is 4.19. The molecule has 0 spiro atoms. The Bertz CT molecular complexity index is 530. The van der Waals surface area contributed by atoms with Crippen LogP contribution in [0.2, 0.25) is 0 Å². The third-order valence-electron chi connectivity index (χ3n) is 4.33. The van der Waals surface area contributed by atoms with E-state index in [9.17, 15) is 4.79 Å². The predicted octanol–water partition coefficient (Wildman–Crippen LogP) is 2.58. The number of aromatic nitrogens is 1. The smallest absolute Gasteiger partial charge is 0.251 e. The number of carbonyl (C=O) groups excluding carboxylic acids is 1. The number of nitrogens with zero attached hydrogens (tertiary/aromatic N) is 1. The fourth-order valence-corrected chi connectivity index (χ4v) is 2.32. The van der Waals surface area contributed by atoms with Crippen molar-refractivity contribution in [1.29, 1.82) is 0 Å². The highest BCUT2D eigenvalue weighted by Gasteiger charge is 2.40. The second-order valence-electron chi connectivity index (χ2n) is 7.06. The number of rotatable bonds is 5. The van der Waals surface area contributed by atoms with Gasteiger partial charge in [-0.3, -0.25) is 4.79 Å². The van der Waals surface area contributed by atoms with E-state index in [2.05, 4.69) is 43.4 Å². The Morgan fingerprint density at radius 1 is 1.38 bits per heavy atom. The van der Waals surface area contributed by atoms with E-state index in [0.29, 0.717) is 16.8 Å². The zero-order valence-corrected chi connectivity index (χ0v) is 13.4. The van der Waals surface area contributed by atoms with Crippen LogP contribution >= 0.6 is 0 Å². The maximum Gasteiger partial charge on any atom is 0.251 e. The highest BCUT2D eigenvalue weighted by molar-refractivity contribution is 5.95. The Hall–Kier alpha value is -1.62. The lowest BCUT2D eigenvalue weighted by Crippen LogP contribution is -2.30. The summed E-state index contributed by atoms with van der Waals surface area (Å²) >= 11 is 0. The first-order chi connectivity index (χ1) is 9.79. The van der Waals surface area contributed by atoms with E-state index in [-0.39, 0.29) is 11.3 Å². The lowest BCUT2D eigenvalue weighted by molar-refractivity contribution is 0.0944. The third-order valence-corrected chi connectivity index (χ3v) is 4.33. The number of pyridine rings is 1. The molecular formula is C16H26N4O. The van der Waals surface area contributed by atoms with Crippen molar-refractivity contribution in [3.63, 3.8) is 0 Å². The number of carbonyl (C=O) groups is 1. The van der Waals surface area contributed by atoms with E-state index in [1.54, 1.807) is 6.07 Å². The molecule has 1 aromatic heterocycles. The summed E-state index contributed by atoms with van der Waals surface area (Å²) in [5, 5.41) is 3.05. The van der Waals surface area contributed by atoms with Gasteiger partial charge in [-0.05, 0) is 36.8 Å². The zero-order chi connectivity index (χ0) is 15.7. The van der Waals surface area contributed by atoms with Crippen LogP contribution in [0, 0.1) is 5.41 Å². The van der Waals surface area contributed by atoms with Gasteiger partial charge in [0, 0.05) is 23.2 Å². The average Bonchev–Trinajstić information content (AvgIpc) is 3.24. The number of hydrogen-bond donors (Lipinski definition) is 3. The standard InChI is InChI=1S/C16H26N4O/c1-5-16(6-7-16)10-18-14(21)11-8-12(15(2,3)4)19-13(9-11)20-17/h8-9H,5-7,10,17H2,1-4H3,(H,18,21)(H,19,20). The van der Waals surface area contributed by atoms with Crippen molar-refractivity contribution in [1.82, 2.24) is 10.3 Å². The highest BCUT2D eigenvalue weighted by Crippen LogP contribution is 2.47. The van der Waals surface area contributed by atoms with Crippen LogP contribution in [0.5, 0.6) is 0 Å². The summed E-state index contributed by atoms with van der Waals surface area (Å²) in [5.74, 6) is 5.92. The molecule has 0 aromatic carbocycles. The number of hydrazine groups is 1. The largest absolute Gasteiger partial charge is 0.351 e. The summed E-state index contributed by atoms with van der Waals surface area (Å²) in [6, 6.07) is 3.54. The van der Waals surface area contributed by atoms with E-state index < -0.39 is 0 Å². The van der Waals surface area contributed by atoms with E-state index in [0.717, 1.165) is 18.7 Å². The molecule has 4 N–H and O–H groups in total. The van der Waals surface area contributed by atoms with E-state index in [4.69, 9.17) is 5.84 Å². The molecule has 0 atom stereocenters. The molecule has 116 valence electrons. The molecule has 5 heteroatoms. The Balaban J connectivity index is 2.16. The normalized spacial score (nSPS) is 16.4. The third kappa shape index (κ3) is 3.73. The van der Waals surface area contributed by atoms with E-state index in [1.165, 1.54) is 12.8 Å². The van der Waals surface area contributed by atoms with Crippen LogP contribution in [0.3, 0.4) is 0 Å². The van der Waals surface area contributed by atoms with Gasteiger partial charge in [-0.15, -0.1) is 0 Å². The Morgan fingerprint density at radius 2 is 2.05 bits per heavy atom. The molecule has 1 amide bonds. The number of hydrogen-bond acceptors (Lipinski definition) is 4. The molecule has 0 unspecified atom stereocenters. The topological polar surface area (TPSA) is 80.0 Å². The highest BCUT2D eigenvalue weighted by atomic mass is 16.1. The maximum atomic E-state index is 12.4. The first-order valence-electron chi connectivity index (χ1n) is 7.57. The Kier molecular flexibility index (Phi) is 4.23. The minimum atomic E-state index is -0.136. The lowest BCUT2D eigenvalue weighted by atomic mass is 9.90. The molecule has 1 aliphatic rings.